The number of phenolic OH excluding ortho intramolecular Hbond substituents is 8. The molecule has 0 saturated carbocycles. The Morgan fingerprint density at radius 1 is 0.360 bits per heavy atom. The minimum atomic E-state index is -0.911. The molecule has 18 N–H and O–H groups in total. The summed E-state index contributed by atoms with van der Waals surface area (Å²) >= 11 is 0. The summed E-state index contributed by atoms with van der Waals surface area (Å²) in [6.45, 7) is 6.76. The first-order chi connectivity index (χ1) is 42.8. The molecule has 4 rings (SSSR count). The van der Waals surface area contributed by atoms with Gasteiger partial charge < -0.3 is 117 Å². The number of benzene rings is 4. The zero-order valence-corrected chi connectivity index (χ0v) is 51.0. The highest BCUT2D eigenvalue weighted by atomic mass is 16.6. The second-order valence-corrected chi connectivity index (χ2v) is 20.4. The van der Waals surface area contributed by atoms with Crippen molar-refractivity contribution in [2.24, 2.45) is 22.9 Å². The van der Waals surface area contributed by atoms with E-state index in [1.54, 1.807) is 24.3 Å². The van der Waals surface area contributed by atoms with Gasteiger partial charge in [0.15, 0.2) is 46.0 Å². The van der Waals surface area contributed by atoms with Gasteiger partial charge >= 0.3 is 0 Å². The number of ether oxygens (including phenoxy) is 9. The van der Waals surface area contributed by atoms with E-state index in [4.69, 9.17) is 65.6 Å². The number of phenols is 8. The fraction of sp³-hybridized carbons (Fsp3) is 0.548. The zero-order chi connectivity index (χ0) is 65.3. The average molecular weight is 1260 g/mol. The maximum atomic E-state index is 12.6. The lowest BCUT2D eigenvalue weighted by Gasteiger charge is -2.22. The molecule has 0 aliphatic heterocycles. The number of amides is 2. The number of hydrogen-bond donors (Lipinski definition) is 14. The third-order valence-electron chi connectivity index (χ3n) is 13.1. The molecule has 27 nitrogen and oxygen atoms in total. The first kappa shape index (κ1) is 76.3. The van der Waals surface area contributed by atoms with Crippen molar-refractivity contribution in [3.8, 4) is 46.0 Å². The highest BCUT2D eigenvalue weighted by Crippen LogP contribution is 2.28. The first-order valence-corrected chi connectivity index (χ1v) is 29.7. The number of Topliss-reactive ketones (excluding diaryl/α,β-unsaturated/α-hetero) is 2. The maximum absolute atomic E-state index is 12.6. The molecule has 27 heteroatoms. The molecule has 0 saturated heterocycles. The Bertz CT molecular complexity index is 2500. The summed E-state index contributed by atoms with van der Waals surface area (Å²) in [5.41, 5.74) is 26.6. The molecule has 4 aromatic carbocycles. The molecule has 0 heterocycles. The highest BCUT2D eigenvalue weighted by Gasteiger charge is 2.20. The van der Waals surface area contributed by atoms with Crippen LogP contribution < -0.4 is 33.6 Å². The molecule has 0 spiro atoms. The summed E-state index contributed by atoms with van der Waals surface area (Å²) in [5, 5.41) is 82.7. The predicted octanol–water partition coefficient (Wildman–Crippen LogP) is 1.76. The third-order valence-corrected chi connectivity index (χ3v) is 13.1. The number of carbonyl (C=O) groups excluding carboxylic acids is 4. The van der Waals surface area contributed by atoms with Gasteiger partial charge in [0, 0.05) is 39.1 Å². The molecule has 0 aliphatic rings. The van der Waals surface area contributed by atoms with Gasteiger partial charge in [-0.05, 0) is 109 Å². The molecule has 0 aliphatic carbocycles. The molecule has 6 atom stereocenters. The van der Waals surface area contributed by atoms with Gasteiger partial charge in [-0.3, -0.25) is 19.2 Å². The molecule has 0 aromatic heterocycles. The van der Waals surface area contributed by atoms with Gasteiger partial charge in [0.05, 0.1) is 117 Å². The van der Waals surface area contributed by atoms with Crippen LogP contribution in [0.2, 0.25) is 0 Å². The van der Waals surface area contributed by atoms with Crippen LogP contribution in [0.1, 0.15) is 61.8 Å². The van der Waals surface area contributed by atoms with E-state index in [-0.39, 0.29) is 215 Å². The fourth-order valence-corrected chi connectivity index (χ4v) is 8.28. The number of nitrogens with two attached hydrogens (primary N) is 4. The van der Waals surface area contributed by atoms with Gasteiger partial charge in [0.25, 0.3) is 0 Å². The molecule has 4 aromatic rings. The lowest BCUT2D eigenvalue weighted by Crippen LogP contribution is -2.43. The predicted molar refractivity (Wildman–Crippen MR) is 327 cm³/mol. The van der Waals surface area contributed by atoms with E-state index in [0.29, 0.717) is 35.1 Å². The van der Waals surface area contributed by atoms with E-state index < -0.39 is 48.2 Å². The van der Waals surface area contributed by atoms with Gasteiger partial charge in [-0.1, -0.05) is 38.1 Å². The van der Waals surface area contributed by atoms with Crippen LogP contribution in [0.15, 0.2) is 72.8 Å². The van der Waals surface area contributed by atoms with Crippen LogP contribution in [0.25, 0.3) is 0 Å². The van der Waals surface area contributed by atoms with Gasteiger partial charge in [-0.25, -0.2) is 0 Å². The van der Waals surface area contributed by atoms with Crippen LogP contribution in [-0.2, 0) is 87.5 Å². The SMILES string of the molecule is CC.NC(Cc1ccc(O)c(O)c1)C(=O)CCCOCCOCC(COCC(COCCOCCCC(=O)C(N)Cc1ccc(O)c(O)c1)OCCOCCNC(=O)C(N)Cc1ccc(O)c(O)c1)OCCOCCNC(=O)C(N)Cc1ccc(O)c(O)c1. The highest BCUT2D eigenvalue weighted by molar-refractivity contribution is 5.85. The monoisotopic (exact) mass is 1260 g/mol. The zero-order valence-electron chi connectivity index (χ0n) is 51.0. The summed E-state index contributed by atoms with van der Waals surface area (Å²) in [7, 11) is 0. The van der Waals surface area contributed by atoms with Gasteiger partial charge in [-0.2, -0.15) is 0 Å². The Morgan fingerprint density at radius 3 is 0.966 bits per heavy atom. The second kappa shape index (κ2) is 44.5. The van der Waals surface area contributed by atoms with E-state index in [1.807, 2.05) is 13.8 Å². The summed E-state index contributed by atoms with van der Waals surface area (Å²) in [5.74, 6) is -3.52. The van der Waals surface area contributed by atoms with Gasteiger partial charge in [-0.15, -0.1) is 0 Å². The van der Waals surface area contributed by atoms with E-state index in [9.17, 15) is 60.0 Å². The largest absolute Gasteiger partial charge is 0.504 e. The van der Waals surface area contributed by atoms with Crippen molar-refractivity contribution < 1.29 is 103 Å². The second-order valence-electron chi connectivity index (χ2n) is 20.4. The average Bonchev–Trinajstić information content (AvgIpc) is 3.70. The smallest absolute Gasteiger partial charge is 0.237 e. The number of ketones is 2. The van der Waals surface area contributed by atoms with Gasteiger partial charge in [0.2, 0.25) is 11.8 Å². The summed E-state index contributed by atoms with van der Waals surface area (Å²) < 4.78 is 52.8. The van der Waals surface area contributed by atoms with Crippen molar-refractivity contribution in [3.05, 3.63) is 95.1 Å². The number of nitrogens with one attached hydrogen (secondary N) is 2. The van der Waals surface area contributed by atoms with Crippen LogP contribution in [0.5, 0.6) is 46.0 Å². The molecular weight excluding hydrogens is 1160 g/mol. The van der Waals surface area contributed by atoms with Crippen molar-refractivity contribution in [2.75, 3.05) is 119 Å². The van der Waals surface area contributed by atoms with Crippen LogP contribution >= 0.6 is 0 Å². The summed E-state index contributed by atoms with van der Waals surface area (Å²) in [6, 6.07) is 13.6. The maximum Gasteiger partial charge on any atom is 0.237 e. The number of rotatable bonds is 48. The molecule has 0 bridgehead atoms. The van der Waals surface area contributed by atoms with E-state index in [0.717, 1.165) is 0 Å². The third kappa shape index (κ3) is 32.4. The first-order valence-electron chi connectivity index (χ1n) is 29.7. The Balaban J connectivity index is 0.0000102. The Labute approximate surface area is 519 Å². The van der Waals surface area contributed by atoms with Gasteiger partial charge in [0.1, 0.15) is 23.8 Å². The van der Waals surface area contributed by atoms with Crippen molar-refractivity contribution in [1.29, 1.82) is 0 Å². The Hall–Kier alpha value is -6.96. The molecule has 89 heavy (non-hydrogen) atoms. The van der Waals surface area contributed by atoms with Crippen LogP contribution in [-0.4, -0.2) is 219 Å². The van der Waals surface area contributed by atoms with Crippen molar-refractivity contribution in [1.82, 2.24) is 10.6 Å². The van der Waals surface area contributed by atoms with E-state index >= 15 is 0 Å². The Kier molecular flexibility index (Phi) is 38.1. The van der Waals surface area contributed by atoms with Crippen LogP contribution in [0.4, 0.5) is 0 Å². The molecule has 2 amide bonds. The quantitative estimate of drug-likeness (QED) is 0.0221. The summed E-state index contributed by atoms with van der Waals surface area (Å²) in [4.78, 5) is 50.5. The molecule has 0 fully saturated rings. The topological polar surface area (TPSA) is 441 Å². The molecule has 0 radical (unpaired) electrons. The molecule has 498 valence electrons. The number of hydrogen-bond acceptors (Lipinski definition) is 25. The Morgan fingerprint density at radius 2 is 0.640 bits per heavy atom. The van der Waals surface area contributed by atoms with Crippen molar-refractivity contribution in [2.45, 2.75) is 102 Å². The van der Waals surface area contributed by atoms with Crippen LogP contribution in [0, 0.1) is 0 Å². The van der Waals surface area contributed by atoms with Crippen molar-refractivity contribution in [3.63, 3.8) is 0 Å². The lowest BCUT2D eigenvalue weighted by molar-refractivity contribution is -0.123. The minimum absolute atomic E-state index is 0.0503. The lowest BCUT2D eigenvalue weighted by atomic mass is 10.0. The summed E-state index contributed by atoms with van der Waals surface area (Å²) in [6.07, 6.45) is 0.653. The van der Waals surface area contributed by atoms with Crippen molar-refractivity contribution >= 4 is 23.4 Å². The standard InChI is InChI=1S/C60H88N6O21.C2H6/c61-45(27-39-5-9-51(69)55(73)31-39)49(67)3-1-15-79-19-21-83-35-43(86-25-23-81-17-13-65-59(77)47(63)29-41-7-11-53(71)57(75)33-41)37-85-38-44(87-26-24-82-18-14-66-60(78)48(64)30-42-8-12-54(72)58(76)34-42)36-84-22-20-80-16-2-4-50(68)46(62)28-40-6-10-52(70)56(74)32-40;1-2/h5-12,31-34,43-48,69-76H,1-4,13-30,35-38,61-64H2,(H,65,77)(H,66,78);1-2H3. The van der Waals surface area contributed by atoms with E-state index in [2.05, 4.69) is 10.6 Å². The normalized spacial score (nSPS) is 13.3. The fourth-order valence-electron chi connectivity index (χ4n) is 8.28. The number of aromatic hydroxyl groups is 8. The minimum Gasteiger partial charge on any atom is -0.504 e. The molecule has 6 unspecified atom stereocenters. The number of carbonyl (C=O) groups is 4. The van der Waals surface area contributed by atoms with E-state index in [1.165, 1.54) is 48.5 Å². The van der Waals surface area contributed by atoms with Crippen LogP contribution in [0.3, 0.4) is 0 Å². The molecular formula is C62H94N6O21.